The van der Waals surface area contributed by atoms with Gasteiger partial charge in [0.1, 0.15) is 0 Å². The van der Waals surface area contributed by atoms with Crippen molar-refractivity contribution in [2.24, 2.45) is 5.92 Å². The molecule has 2 aliphatic heterocycles. The van der Waals surface area contributed by atoms with E-state index in [0.717, 1.165) is 55.0 Å². The number of hydrogen-bond donors (Lipinski definition) is 0. The van der Waals surface area contributed by atoms with E-state index in [1.54, 1.807) is 0 Å². The lowest BCUT2D eigenvalue weighted by atomic mass is 9.84. The fourth-order valence-corrected chi connectivity index (χ4v) is 5.21. The molecule has 2 saturated heterocycles. The molecule has 2 unspecified atom stereocenters. The van der Waals surface area contributed by atoms with Crippen molar-refractivity contribution in [3.8, 4) is 17.5 Å². The summed E-state index contributed by atoms with van der Waals surface area (Å²) in [5.41, 5.74) is 1.69. The number of hydrogen-bond acceptors (Lipinski definition) is 5. The zero-order valence-electron chi connectivity index (χ0n) is 16.6. The van der Waals surface area contributed by atoms with Gasteiger partial charge in [-0.2, -0.15) is 5.26 Å². The van der Waals surface area contributed by atoms with Gasteiger partial charge in [0.15, 0.2) is 5.82 Å². The van der Waals surface area contributed by atoms with E-state index in [2.05, 4.69) is 37.6 Å². The van der Waals surface area contributed by atoms with Crippen LogP contribution >= 0.6 is 0 Å². The normalized spacial score (nSPS) is 25.4. The second-order valence-electron chi connectivity index (χ2n) is 8.43. The highest BCUT2D eigenvalue weighted by Crippen LogP contribution is 2.39. The first-order chi connectivity index (χ1) is 13.8. The first kappa shape index (κ1) is 17.7. The Morgan fingerprint density at radius 3 is 2.61 bits per heavy atom. The van der Waals surface area contributed by atoms with Crippen LogP contribution in [0.5, 0.6) is 0 Å². The van der Waals surface area contributed by atoms with E-state index in [1.165, 1.54) is 38.6 Å². The number of piperidine rings is 2. The molecule has 146 valence electrons. The summed E-state index contributed by atoms with van der Waals surface area (Å²) < 4.78 is 2.23. The van der Waals surface area contributed by atoms with Gasteiger partial charge in [0.25, 0.3) is 0 Å². The second-order valence-corrected chi connectivity index (χ2v) is 8.43. The molecule has 3 heterocycles. The van der Waals surface area contributed by atoms with Gasteiger partial charge in [0.2, 0.25) is 5.95 Å². The van der Waals surface area contributed by atoms with E-state index in [-0.39, 0.29) is 0 Å². The van der Waals surface area contributed by atoms with Gasteiger partial charge in [0, 0.05) is 37.3 Å². The van der Waals surface area contributed by atoms with E-state index >= 15 is 0 Å². The molecular weight excluding hydrogens is 348 g/mol. The molecule has 0 radical (unpaired) electrons. The number of benzene rings is 1. The summed E-state index contributed by atoms with van der Waals surface area (Å²) in [6.07, 6.45) is 6.73. The third kappa shape index (κ3) is 3.08. The van der Waals surface area contributed by atoms with E-state index in [1.807, 2.05) is 24.3 Å². The van der Waals surface area contributed by atoms with Gasteiger partial charge < -0.3 is 4.90 Å². The maximum Gasteiger partial charge on any atom is 0.227 e. The van der Waals surface area contributed by atoms with Crippen LogP contribution in [-0.4, -0.2) is 51.4 Å². The molecule has 0 spiro atoms. The van der Waals surface area contributed by atoms with Crippen molar-refractivity contribution in [1.29, 1.82) is 5.26 Å². The molecule has 3 aliphatic rings. The largest absolute Gasteiger partial charge is 0.341 e. The summed E-state index contributed by atoms with van der Waals surface area (Å²) in [7, 11) is 0. The van der Waals surface area contributed by atoms with Crippen LogP contribution in [-0.2, 0) is 6.54 Å². The highest BCUT2D eigenvalue weighted by molar-refractivity contribution is 5.59. The smallest absolute Gasteiger partial charge is 0.227 e. The maximum atomic E-state index is 9.03. The SMILES string of the molecule is CCn1c(-c2ccc(C#N)cc2)nnc1N1CCC2C(CCCN2C2CC2)C1. The minimum atomic E-state index is 0.672. The van der Waals surface area contributed by atoms with Crippen molar-refractivity contribution in [2.45, 2.75) is 57.7 Å². The summed E-state index contributed by atoms with van der Waals surface area (Å²) in [6, 6.07) is 11.5. The molecule has 1 aromatic carbocycles. The Bertz CT molecular complexity index is 875. The fraction of sp³-hybridized carbons (Fsp3) is 0.591. The van der Waals surface area contributed by atoms with Gasteiger partial charge in [-0.1, -0.05) is 0 Å². The van der Waals surface area contributed by atoms with Crippen molar-refractivity contribution >= 4 is 5.95 Å². The van der Waals surface area contributed by atoms with Crippen LogP contribution < -0.4 is 4.90 Å². The van der Waals surface area contributed by atoms with Crippen LogP contribution in [0.15, 0.2) is 24.3 Å². The zero-order valence-corrected chi connectivity index (χ0v) is 16.6. The Morgan fingerprint density at radius 1 is 1.07 bits per heavy atom. The third-order valence-electron chi connectivity index (χ3n) is 6.73. The lowest BCUT2D eigenvalue weighted by molar-refractivity contribution is 0.0693. The summed E-state index contributed by atoms with van der Waals surface area (Å²) in [5, 5.41) is 18.1. The van der Waals surface area contributed by atoms with Gasteiger partial charge in [-0.25, -0.2) is 0 Å². The van der Waals surface area contributed by atoms with Crippen LogP contribution in [0.2, 0.25) is 0 Å². The molecule has 0 amide bonds. The molecule has 6 heteroatoms. The van der Waals surface area contributed by atoms with E-state index in [4.69, 9.17) is 5.26 Å². The van der Waals surface area contributed by atoms with Crippen molar-refractivity contribution in [3.63, 3.8) is 0 Å². The zero-order chi connectivity index (χ0) is 19.1. The summed E-state index contributed by atoms with van der Waals surface area (Å²) >= 11 is 0. The maximum absolute atomic E-state index is 9.03. The number of anilines is 1. The molecule has 1 aliphatic carbocycles. The lowest BCUT2D eigenvalue weighted by Gasteiger charge is -2.47. The highest BCUT2D eigenvalue weighted by atomic mass is 15.4. The Morgan fingerprint density at radius 2 is 1.89 bits per heavy atom. The molecule has 0 N–H and O–H groups in total. The van der Waals surface area contributed by atoms with Crippen molar-refractivity contribution in [1.82, 2.24) is 19.7 Å². The second kappa shape index (κ2) is 7.21. The fourth-order valence-electron chi connectivity index (χ4n) is 5.21. The molecule has 2 atom stereocenters. The molecule has 5 rings (SSSR count). The average Bonchev–Trinajstić information content (AvgIpc) is 3.51. The van der Waals surface area contributed by atoms with Gasteiger partial charge in [-0.3, -0.25) is 9.47 Å². The molecule has 0 bridgehead atoms. The van der Waals surface area contributed by atoms with Crippen LogP contribution in [0, 0.1) is 17.2 Å². The van der Waals surface area contributed by atoms with E-state index < -0.39 is 0 Å². The first-order valence-corrected chi connectivity index (χ1v) is 10.7. The Hall–Kier alpha value is -2.39. The topological polar surface area (TPSA) is 61.0 Å². The van der Waals surface area contributed by atoms with Crippen molar-refractivity contribution in [2.75, 3.05) is 24.5 Å². The van der Waals surface area contributed by atoms with Gasteiger partial charge in [-0.05, 0) is 75.8 Å². The van der Waals surface area contributed by atoms with Crippen molar-refractivity contribution < 1.29 is 0 Å². The number of likely N-dealkylation sites (tertiary alicyclic amines) is 1. The van der Waals surface area contributed by atoms with E-state index in [0.29, 0.717) is 5.56 Å². The number of nitrogens with zero attached hydrogens (tertiary/aromatic N) is 6. The van der Waals surface area contributed by atoms with Crippen LogP contribution in [0.4, 0.5) is 5.95 Å². The van der Waals surface area contributed by atoms with E-state index in [9.17, 15) is 0 Å². The van der Waals surface area contributed by atoms with Crippen molar-refractivity contribution in [3.05, 3.63) is 29.8 Å². The molecule has 1 saturated carbocycles. The van der Waals surface area contributed by atoms with Crippen LogP contribution in [0.1, 0.15) is 44.6 Å². The molecule has 6 nitrogen and oxygen atoms in total. The lowest BCUT2D eigenvalue weighted by Crippen LogP contribution is -2.55. The molecule has 28 heavy (non-hydrogen) atoms. The van der Waals surface area contributed by atoms with Crippen LogP contribution in [0.3, 0.4) is 0 Å². The molecular formula is C22H28N6. The summed E-state index contributed by atoms with van der Waals surface area (Å²) in [6.45, 7) is 6.47. The minimum absolute atomic E-state index is 0.672. The number of nitriles is 1. The number of aromatic nitrogens is 3. The minimum Gasteiger partial charge on any atom is -0.341 e. The molecule has 2 aromatic rings. The predicted octanol–water partition coefficient (Wildman–Crippen LogP) is 3.29. The molecule has 1 aromatic heterocycles. The Balaban J connectivity index is 1.38. The third-order valence-corrected chi connectivity index (χ3v) is 6.73. The first-order valence-electron chi connectivity index (χ1n) is 10.7. The summed E-state index contributed by atoms with van der Waals surface area (Å²) in [5.74, 6) is 2.65. The van der Waals surface area contributed by atoms with Gasteiger partial charge in [0.05, 0.1) is 11.6 Å². The summed E-state index contributed by atoms with van der Waals surface area (Å²) in [4.78, 5) is 5.28. The average molecular weight is 377 g/mol. The van der Waals surface area contributed by atoms with Gasteiger partial charge in [-0.15, -0.1) is 10.2 Å². The monoisotopic (exact) mass is 376 g/mol. The Labute approximate surface area is 166 Å². The Kier molecular flexibility index (Phi) is 4.56. The van der Waals surface area contributed by atoms with Crippen LogP contribution in [0.25, 0.3) is 11.4 Å². The number of rotatable bonds is 4. The highest BCUT2D eigenvalue weighted by Gasteiger charge is 2.42. The standard InChI is InChI=1S/C22H28N6/c1-2-27-21(17-7-5-16(14-23)6-8-17)24-25-22(27)26-13-11-20-18(15-26)4-3-12-28(20)19-9-10-19/h5-8,18-20H,2-4,9-13,15H2,1H3. The quantitative estimate of drug-likeness (QED) is 0.819. The van der Waals surface area contributed by atoms with Gasteiger partial charge >= 0.3 is 0 Å². The molecule has 3 fully saturated rings. The predicted molar refractivity (Wildman–Crippen MR) is 109 cm³/mol. The number of fused-ring (bicyclic) bond motifs is 1.